The van der Waals surface area contributed by atoms with Crippen molar-refractivity contribution < 1.29 is 20.4 Å². The quantitative estimate of drug-likeness (QED) is 0.555. The molecule has 4 N–H and O–H groups in total. The largest absolute Gasteiger partial charge is 0.504 e. The average Bonchev–Trinajstić information content (AvgIpc) is 2.36. The van der Waals surface area contributed by atoms with E-state index in [1.807, 2.05) is 26.8 Å². The van der Waals surface area contributed by atoms with Crippen molar-refractivity contribution in [3.05, 3.63) is 48.0 Å². The van der Waals surface area contributed by atoms with Gasteiger partial charge in [0.05, 0.1) is 0 Å². The van der Waals surface area contributed by atoms with Crippen LogP contribution in [-0.4, -0.2) is 20.4 Å². The molecule has 0 aliphatic heterocycles. The van der Waals surface area contributed by atoms with Gasteiger partial charge in [0.25, 0.3) is 0 Å². The van der Waals surface area contributed by atoms with Gasteiger partial charge in [-0.2, -0.15) is 0 Å². The third kappa shape index (κ3) is 4.09. The second kappa shape index (κ2) is 6.19. The maximum absolute atomic E-state index is 9.48. The van der Waals surface area contributed by atoms with E-state index in [2.05, 4.69) is 0 Å². The third-order valence-corrected chi connectivity index (χ3v) is 2.70. The lowest BCUT2D eigenvalue weighted by molar-refractivity contribution is 0.389. The van der Waals surface area contributed by atoms with Crippen molar-refractivity contribution in [2.75, 3.05) is 0 Å². The first-order valence-corrected chi connectivity index (χ1v) is 6.22. The van der Waals surface area contributed by atoms with Gasteiger partial charge in [-0.15, -0.1) is 0 Å². The highest BCUT2D eigenvalue weighted by Crippen LogP contribution is 2.36. The second-order valence-electron chi connectivity index (χ2n) is 5.41. The summed E-state index contributed by atoms with van der Waals surface area (Å²) in [5.41, 5.74) is 0.630. The fourth-order valence-corrected chi connectivity index (χ4v) is 1.60. The van der Waals surface area contributed by atoms with Gasteiger partial charge in [0.15, 0.2) is 23.0 Å². The maximum Gasteiger partial charge on any atom is 0.161 e. The highest BCUT2D eigenvalue weighted by atomic mass is 16.3. The molecule has 108 valence electrons. The fraction of sp³-hybridized carbons (Fsp3) is 0.250. The van der Waals surface area contributed by atoms with Crippen LogP contribution < -0.4 is 0 Å². The van der Waals surface area contributed by atoms with Crippen LogP contribution in [0.1, 0.15) is 26.3 Å². The SMILES string of the molecule is CC(C)(C)c1cccc(O)c1O.Oc1ccccc1O. The highest BCUT2D eigenvalue weighted by molar-refractivity contribution is 5.47. The summed E-state index contributed by atoms with van der Waals surface area (Å²) in [5, 5.41) is 36.0. The molecular formula is C16H20O4. The highest BCUT2D eigenvalue weighted by Gasteiger charge is 2.19. The molecule has 0 spiro atoms. The zero-order valence-corrected chi connectivity index (χ0v) is 11.8. The minimum atomic E-state index is -0.136. The van der Waals surface area contributed by atoms with E-state index in [1.165, 1.54) is 18.2 Å². The Morgan fingerprint density at radius 1 is 0.650 bits per heavy atom. The van der Waals surface area contributed by atoms with Gasteiger partial charge in [0.1, 0.15) is 0 Å². The normalized spacial score (nSPS) is 10.6. The van der Waals surface area contributed by atoms with Crippen LogP contribution in [0.3, 0.4) is 0 Å². The van der Waals surface area contributed by atoms with E-state index in [1.54, 1.807) is 18.2 Å². The summed E-state index contributed by atoms with van der Waals surface area (Å²) in [6, 6.07) is 11.2. The van der Waals surface area contributed by atoms with E-state index in [0.29, 0.717) is 0 Å². The van der Waals surface area contributed by atoms with Gasteiger partial charge in [-0.1, -0.05) is 45.0 Å². The van der Waals surface area contributed by atoms with Gasteiger partial charge in [0, 0.05) is 5.56 Å². The van der Waals surface area contributed by atoms with Crippen molar-refractivity contribution in [1.82, 2.24) is 0 Å². The van der Waals surface area contributed by atoms with Crippen molar-refractivity contribution in [2.45, 2.75) is 26.2 Å². The lowest BCUT2D eigenvalue weighted by Gasteiger charge is -2.20. The molecule has 0 aliphatic carbocycles. The Morgan fingerprint density at radius 2 is 1.10 bits per heavy atom. The topological polar surface area (TPSA) is 80.9 Å². The third-order valence-electron chi connectivity index (χ3n) is 2.70. The zero-order chi connectivity index (χ0) is 15.3. The minimum Gasteiger partial charge on any atom is -0.504 e. The van der Waals surface area contributed by atoms with Crippen LogP contribution in [0, 0.1) is 0 Å². The van der Waals surface area contributed by atoms with Crippen LogP contribution in [-0.2, 0) is 5.41 Å². The van der Waals surface area contributed by atoms with Crippen LogP contribution in [0.2, 0.25) is 0 Å². The molecule has 2 aromatic carbocycles. The molecule has 0 saturated carbocycles. The molecule has 0 atom stereocenters. The summed E-state index contributed by atoms with van der Waals surface area (Å²) in [7, 11) is 0. The van der Waals surface area contributed by atoms with Gasteiger partial charge >= 0.3 is 0 Å². The molecule has 0 saturated heterocycles. The Labute approximate surface area is 118 Å². The van der Waals surface area contributed by atoms with E-state index < -0.39 is 0 Å². The van der Waals surface area contributed by atoms with Gasteiger partial charge in [-0.05, 0) is 23.6 Å². The average molecular weight is 276 g/mol. The molecule has 0 heterocycles. The number of para-hydroxylation sites is 3. The summed E-state index contributed by atoms with van der Waals surface area (Å²) in [5.74, 6) is -0.215. The monoisotopic (exact) mass is 276 g/mol. The Morgan fingerprint density at radius 3 is 1.45 bits per heavy atom. The maximum atomic E-state index is 9.48. The lowest BCUT2D eigenvalue weighted by Crippen LogP contribution is -2.10. The minimum absolute atomic E-state index is 0.00926. The zero-order valence-electron chi connectivity index (χ0n) is 11.8. The molecule has 0 aromatic heterocycles. The number of phenols is 4. The number of aromatic hydroxyl groups is 4. The van der Waals surface area contributed by atoms with E-state index in [9.17, 15) is 10.2 Å². The lowest BCUT2D eigenvalue weighted by atomic mass is 9.86. The van der Waals surface area contributed by atoms with E-state index in [-0.39, 0.29) is 28.4 Å². The van der Waals surface area contributed by atoms with Crippen LogP contribution in [0.4, 0.5) is 0 Å². The van der Waals surface area contributed by atoms with Crippen LogP contribution in [0.15, 0.2) is 42.5 Å². The van der Waals surface area contributed by atoms with Gasteiger partial charge in [0.2, 0.25) is 0 Å². The first kappa shape index (κ1) is 15.7. The number of phenolic OH excluding ortho intramolecular Hbond substituents is 4. The number of rotatable bonds is 0. The van der Waals surface area contributed by atoms with E-state index in [0.717, 1.165) is 5.56 Å². The van der Waals surface area contributed by atoms with Crippen LogP contribution >= 0.6 is 0 Å². The number of hydrogen-bond acceptors (Lipinski definition) is 4. The standard InChI is InChI=1S/C10H14O2.C6H6O2/c1-10(2,3)7-5-4-6-8(11)9(7)12;7-5-3-1-2-4-6(5)8/h4-6,11-12H,1-3H3;1-4,7-8H. The van der Waals surface area contributed by atoms with E-state index in [4.69, 9.17) is 10.2 Å². The van der Waals surface area contributed by atoms with Gasteiger partial charge in [-0.3, -0.25) is 0 Å². The predicted molar refractivity (Wildman–Crippen MR) is 78.2 cm³/mol. The summed E-state index contributed by atoms with van der Waals surface area (Å²) in [6.07, 6.45) is 0. The Bertz CT molecular complexity index is 550. The molecule has 4 nitrogen and oxygen atoms in total. The Kier molecular flexibility index (Phi) is 4.86. The van der Waals surface area contributed by atoms with Crippen LogP contribution in [0.5, 0.6) is 23.0 Å². The molecule has 20 heavy (non-hydrogen) atoms. The smallest absolute Gasteiger partial charge is 0.161 e. The number of hydrogen-bond donors (Lipinski definition) is 4. The van der Waals surface area contributed by atoms with Crippen molar-refractivity contribution >= 4 is 0 Å². The van der Waals surface area contributed by atoms with Crippen molar-refractivity contribution in [3.63, 3.8) is 0 Å². The Balaban J connectivity index is 0.000000217. The molecule has 0 unspecified atom stereocenters. The molecule has 2 aromatic rings. The van der Waals surface area contributed by atoms with E-state index >= 15 is 0 Å². The molecule has 0 bridgehead atoms. The fourth-order valence-electron chi connectivity index (χ4n) is 1.60. The molecule has 2 rings (SSSR count). The molecule has 0 amide bonds. The second-order valence-corrected chi connectivity index (χ2v) is 5.41. The first-order chi connectivity index (χ1) is 9.23. The van der Waals surface area contributed by atoms with Crippen molar-refractivity contribution in [1.29, 1.82) is 0 Å². The molecule has 0 fully saturated rings. The van der Waals surface area contributed by atoms with Crippen molar-refractivity contribution in [3.8, 4) is 23.0 Å². The summed E-state index contributed by atoms with van der Waals surface area (Å²) in [4.78, 5) is 0. The molecular weight excluding hydrogens is 256 g/mol. The molecule has 0 radical (unpaired) electrons. The van der Waals surface area contributed by atoms with Gasteiger partial charge in [-0.25, -0.2) is 0 Å². The van der Waals surface area contributed by atoms with Crippen LogP contribution in [0.25, 0.3) is 0 Å². The summed E-state index contributed by atoms with van der Waals surface area (Å²) < 4.78 is 0. The van der Waals surface area contributed by atoms with Gasteiger partial charge < -0.3 is 20.4 Å². The first-order valence-electron chi connectivity index (χ1n) is 6.22. The molecule has 4 heteroatoms. The number of benzene rings is 2. The summed E-state index contributed by atoms with van der Waals surface area (Å²) in [6.45, 7) is 5.96. The summed E-state index contributed by atoms with van der Waals surface area (Å²) >= 11 is 0. The molecule has 0 aliphatic rings. The Hall–Kier alpha value is -2.36. The predicted octanol–water partition coefficient (Wildman–Crippen LogP) is 3.49. The van der Waals surface area contributed by atoms with Crippen molar-refractivity contribution in [2.24, 2.45) is 0 Å².